The lowest BCUT2D eigenvalue weighted by atomic mass is 10.1. The molecule has 116 valence electrons. The number of amides is 1. The monoisotopic (exact) mass is 353 g/mol. The van der Waals surface area contributed by atoms with Gasteiger partial charge in [-0.2, -0.15) is 0 Å². The molecular formula is C12H13Cl2NO5S. The number of anilines is 1. The third-order valence-electron chi connectivity index (χ3n) is 3.00. The van der Waals surface area contributed by atoms with Gasteiger partial charge in [-0.3, -0.25) is 4.79 Å². The van der Waals surface area contributed by atoms with Gasteiger partial charge in [-0.1, -0.05) is 23.2 Å². The zero-order chi connectivity index (χ0) is 16.6. The largest absolute Gasteiger partial charge is 0.478 e. The molecule has 0 spiro atoms. The van der Waals surface area contributed by atoms with E-state index in [1.807, 2.05) is 0 Å². The number of hydrogen-bond donors (Lipinski definition) is 2. The molecule has 1 rings (SSSR count). The molecule has 0 aliphatic carbocycles. The van der Waals surface area contributed by atoms with E-state index in [-0.39, 0.29) is 21.3 Å². The summed E-state index contributed by atoms with van der Waals surface area (Å²) < 4.78 is 21.5. The van der Waals surface area contributed by atoms with Crippen molar-refractivity contribution < 1.29 is 23.1 Å². The Balaban J connectivity index is 3.33. The number of sulfone groups is 1. The van der Waals surface area contributed by atoms with E-state index >= 15 is 0 Å². The fourth-order valence-corrected chi connectivity index (χ4v) is 2.23. The summed E-state index contributed by atoms with van der Waals surface area (Å²) >= 11 is 11.6. The Hall–Kier alpha value is -1.31. The van der Waals surface area contributed by atoms with Gasteiger partial charge >= 0.3 is 5.97 Å². The first-order valence-electron chi connectivity index (χ1n) is 5.61. The minimum atomic E-state index is -3.70. The summed E-state index contributed by atoms with van der Waals surface area (Å²) in [4.78, 5) is 23.3. The maximum Gasteiger partial charge on any atom is 0.337 e. The van der Waals surface area contributed by atoms with E-state index < -0.39 is 26.5 Å². The lowest BCUT2D eigenvalue weighted by molar-refractivity contribution is -0.117. The number of carboxylic acid groups (broad SMARTS) is 1. The summed E-state index contributed by atoms with van der Waals surface area (Å²) in [5.41, 5.74) is -0.527. The maximum atomic E-state index is 12.1. The number of aromatic carboxylic acids is 1. The van der Waals surface area contributed by atoms with Crippen LogP contribution in [0.4, 0.5) is 5.69 Å². The Morgan fingerprint density at radius 3 is 2.19 bits per heavy atom. The number of carbonyl (C=O) groups is 2. The minimum Gasteiger partial charge on any atom is -0.478 e. The molecule has 21 heavy (non-hydrogen) atoms. The number of nitrogens with one attached hydrogen (secondary N) is 1. The predicted octanol–water partition coefficient (Wildman–Crippen LogP) is 2.45. The van der Waals surface area contributed by atoms with Crippen LogP contribution >= 0.6 is 23.2 Å². The van der Waals surface area contributed by atoms with Crippen molar-refractivity contribution in [3.63, 3.8) is 0 Å². The molecule has 0 bridgehead atoms. The van der Waals surface area contributed by atoms with Gasteiger partial charge in [-0.05, 0) is 26.0 Å². The first-order valence-corrected chi connectivity index (χ1v) is 8.26. The molecule has 0 aliphatic heterocycles. The topological polar surface area (TPSA) is 101 Å². The van der Waals surface area contributed by atoms with Gasteiger partial charge in [0.2, 0.25) is 5.91 Å². The van der Waals surface area contributed by atoms with Gasteiger partial charge in [0.15, 0.2) is 9.84 Å². The van der Waals surface area contributed by atoms with Gasteiger partial charge in [0, 0.05) is 11.3 Å². The maximum absolute atomic E-state index is 12.1. The van der Waals surface area contributed by atoms with Crippen LogP contribution in [-0.4, -0.2) is 36.4 Å². The summed E-state index contributed by atoms with van der Waals surface area (Å²) in [7, 11) is -3.70. The van der Waals surface area contributed by atoms with Gasteiger partial charge < -0.3 is 10.4 Å². The SMILES string of the molecule is CC(C)(C(=O)Nc1c(Cl)cc(Cl)cc1C(=O)O)S(C)(=O)=O. The van der Waals surface area contributed by atoms with Gasteiger partial charge in [-0.25, -0.2) is 13.2 Å². The van der Waals surface area contributed by atoms with Crippen molar-refractivity contribution in [1.82, 2.24) is 0 Å². The second kappa shape index (κ2) is 5.82. The first-order chi connectivity index (χ1) is 9.37. The van der Waals surface area contributed by atoms with Crippen molar-refractivity contribution in [3.05, 3.63) is 27.7 Å². The zero-order valence-corrected chi connectivity index (χ0v) is 13.7. The standard InChI is InChI=1S/C12H13Cl2NO5S/c1-12(2,21(3,19)20)11(18)15-9-7(10(16)17)4-6(13)5-8(9)14/h4-5H,1-3H3,(H,15,18)(H,16,17). The lowest BCUT2D eigenvalue weighted by Crippen LogP contribution is -2.44. The summed E-state index contributed by atoms with van der Waals surface area (Å²) in [6, 6.07) is 2.36. The minimum absolute atomic E-state index is 0.0813. The van der Waals surface area contributed by atoms with E-state index in [0.717, 1.165) is 12.3 Å². The highest BCUT2D eigenvalue weighted by molar-refractivity contribution is 7.92. The summed E-state index contributed by atoms with van der Waals surface area (Å²) in [6.45, 7) is 2.42. The van der Waals surface area contributed by atoms with Gasteiger partial charge in [0.1, 0.15) is 4.75 Å². The molecule has 0 radical (unpaired) electrons. The van der Waals surface area contributed by atoms with Crippen LogP contribution in [0.1, 0.15) is 24.2 Å². The van der Waals surface area contributed by atoms with E-state index in [0.29, 0.717) is 0 Å². The highest BCUT2D eigenvalue weighted by atomic mass is 35.5. The number of benzene rings is 1. The molecule has 0 saturated heterocycles. The fraction of sp³-hybridized carbons (Fsp3) is 0.333. The van der Waals surface area contributed by atoms with E-state index in [2.05, 4.69) is 5.32 Å². The molecular weight excluding hydrogens is 341 g/mol. The van der Waals surface area contributed by atoms with Crippen LogP contribution < -0.4 is 5.32 Å². The van der Waals surface area contributed by atoms with Crippen LogP contribution in [0.3, 0.4) is 0 Å². The van der Waals surface area contributed by atoms with Crippen molar-refractivity contribution in [3.8, 4) is 0 Å². The Morgan fingerprint density at radius 2 is 1.76 bits per heavy atom. The summed E-state index contributed by atoms with van der Waals surface area (Å²) in [5, 5.41) is 11.3. The van der Waals surface area contributed by atoms with Crippen molar-refractivity contribution >= 4 is 50.6 Å². The van der Waals surface area contributed by atoms with Crippen LogP contribution in [0.2, 0.25) is 10.0 Å². The molecule has 1 aromatic carbocycles. The Kier molecular flexibility index (Phi) is 4.92. The second-order valence-electron chi connectivity index (χ2n) is 4.85. The van der Waals surface area contributed by atoms with E-state index in [1.54, 1.807) is 0 Å². The highest BCUT2D eigenvalue weighted by Crippen LogP contribution is 2.31. The quantitative estimate of drug-likeness (QED) is 0.865. The van der Waals surface area contributed by atoms with E-state index in [9.17, 15) is 18.0 Å². The van der Waals surface area contributed by atoms with Gasteiger partial charge in [-0.15, -0.1) is 0 Å². The molecule has 0 heterocycles. The average Bonchev–Trinajstić information content (AvgIpc) is 2.30. The van der Waals surface area contributed by atoms with Crippen LogP contribution in [0.5, 0.6) is 0 Å². The molecule has 0 atom stereocenters. The molecule has 0 saturated carbocycles. The highest BCUT2D eigenvalue weighted by Gasteiger charge is 2.39. The number of halogens is 2. The second-order valence-corrected chi connectivity index (χ2v) is 8.26. The Labute approximate surface area is 132 Å². The van der Waals surface area contributed by atoms with E-state index in [1.165, 1.54) is 19.9 Å². The zero-order valence-electron chi connectivity index (χ0n) is 11.4. The van der Waals surface area contributed by atoms with Gasteiger partial charge in [0.25, 0.3) is 0 Å². The predicted molar refractivity (Wildman–Crippen MR) is 81.0 cm³/mol. The molecule has 0 fully saturated rings. The number of hydrogen-bond acceptors (Lipinski definition) is 4. The molecule has 0 aromatic heterocycles. The van der Waals surface area contributed by atoms with Crippen LogP contribution in [-0.2, 0) is 14.6 Å². The average molecular weight is 354 g/mol. The Bertz CT molecular complexity index is 713. The van der Waals surface area contributed by atoms with Crippen molar-refractivity contribution in [2.24, 2.45) is 0 Å². The van der Waals surface area contributed by atoms with Crippen LogP contribution in [0.25, 0.3) is 0 Å². The lowest BCUT2D eigenvalue weighted by Gasteiger charge is -2.22. The molecule has 9 heteroatoms. The molecule has 2 N–H and O–H groups in total. The molecule has 6 nitrogen and oxygen atoms in total. The number of rotatable bonds is 4. The number of carboxylic acids is 1. The number of carbonyl (C=O) groups excluding carboxylic acids is 1. The molecule has 1 amide bonds. The molecule has 1 aromatic rings. The van der Waals surface area contributed by atoms with Crippen molar-refractivity contribution in [2.75, 3.05) is 11.6 Å². The smallest absolute Gasteiger partial charge is 0.337 e. The third kappa shape index (κ3) is 3.66. The van der Waals surface area contributed by atoms with Crippen molar-refractivity contribution in [2.45, 2.75) is 18.6 Å². The summed E-state index contributed by atoms with van der Waals surface area (Å²) in [5.74, 6) is -2.25. The van der Waals surface area contributed by atoms with Gasteiger partial charge in [0.05, 0.1) is 16.3 Å². The molecule has 0 aliphatic rings. The van der Waals surface area contributed by atoms with Crippen LogP contribution in [0, 0.1) is 0 Å². The third-order valence-corrected chi connectivity index (χ3v) is 5.55. The Morgan fingerprint density at radius 1 is 1.24 bits per heavy atom. The van der Waals surface area contributed by atoms with E-state index in [4.69, 9.17) is 28.3 Å². The summed E-state index contributed by atoms with van der Waals surface area (Å²) in [6.07, 6.45) is 0.911. The van der Waals surface area contributed by atoms with Crippen LogP contribution in [0.15, 0.2) is 12.1 Å². The molecule has 0 unspecified atom stereocenters. The first kappa shape index (κ1) is 17.7. The van der Waals surface area contributed by atoms with Crippen molar-refractivity contribution in [1.29, 1.82) is 0 Å². The fourth-order valence-electron chi connectivity index (χ4n) is 1.30. The normalized spacial score (nSPS) is 12.0.